The van der Waals surface area contributed by atoms with Crippen molar-refractivity contribution in [3.8, 4) is 5.75 Å². The highest BCUT2D eigenvalue weighted by molar-refractivity contribution is 6.10. The SMILES string of the molecule is CCN1C(=O)C(O)(CC(=O)c2cccc(OC)c2)c2ccccc21. The first kappa shape index (κ1) is 16.2. The third-order valence-electron chi connectivity index (χ3n) is 4.36. The van der Waals surface area contributed by atoms with Gasteiger partial charge in [-0.1, -0.05) is 30.3 Å². The number of aliphatic hydroxyl groups is 1. The van der Waals surface area contributed by atoms with Crippen LogP contribution in [0.5, 0.6) is 5.75 Å². The van der Waals surface area contributed by atoms with Gasteiger partial charge >= 0.3 is 0 Å². The molecule has 2 aromatic carbocycles. The maximum absolute atomic E-state index is 12.7. The fourth-order valence-electron chi connectivity index (χ4n) is 3.12. The summed E-state index contributed by atoms with van der Waals surface area (Å²) < 4.78 is 5.12. The molecule has 5 nitrogen and oxygen atoms in total. The number of ether oxygens (including phenoxy) is 1. The number of rotatable bonds is 5. The number of likely N-dealkylation sites (N-methyl/N-ethyl adjacent to an activating group) is 1. The third-order valence-corrected chi connectivity index (χ3v) is 4.36. The number of fused-ring (bicyclic) bond motifs is 1. The molecule has 2 aromatic rings. The lowest BCUT2D eigenvalue weighted by Gasteiger charge is -2.22. The van der Waals surface area contributed by atoms with Crippen LogP contribution in [0.25, 0.3) is 0 Å². The van der Waals surface area contributed by atoms with Crippen molar-refractivity contribution in [1.29, 1.82) is 0 Å². The molecule has 24 heavy (non-hydrogen) atoms. The van der Waals surface area contributed by atoms with E-state index in [9.17, 15) is 14.7 Å². The Balaban J connectivity index is 1.96. The van der Waals surface area contributed by atoms with Gasteiger partial charge in [0.05, 0.1) is 19.2 Å². The molecular formula is C19H19NO4. The topological polar surface area (TPSA) is 66.8 Å². The predicted octanol–water partition coefficient (Wildman–Crippen LogP) is 2.52. The molecule has 1 aliphatic heterocycles. The number of carbonyl (C=O) groups excluding carboxylic acids is 2. The highest BCUT2D eigenvalue weighted by Gasteiger charge is 2.50. The van der Waals surface area contributed by atoms with Crippen molar-refractivity contribution in [2.24, 2.45) is 0 Å². The van der Waals surface area contributed by atoms with Gasteiger partial charge in [-0.3, -0.25) is 9.59 Å². The van der Waals surface area contributed by atoms with Crippen LogP contribution in [0, 0.1) is 0 Å². The molecule has 0 radical (unpaired) electrons. The second-order valence-corrected chi connectivity index (χ2v) is 5.76. The number of ketones is 1. The van der Waals surface area contributed by atoms with Gasteiger partial charge < -0.3 is 14.7 Å². The van der Waals surface area contributed by atoms with Crippen LogP contribution in [0.1, 0.15) is 29.3 Å². The van der Waals surface area contributed by atoms with Crippen LogP contribution >= 0.6 is 0 Å². The Morgan fingerprint density at radius 1 is 1.21 bits per heavy atom. The molecule has 0 aromatic heterocycles. The number of anilines is 1. The van der Waals surface area contributed by atoms with Gasteiger partial charge in [0.2, 0.25) is 0 Å². The Hall–Kier alpha value is -2.66. The number of amides is 1. The van der Waals surface area contributed by atoms with Crippen molar-refractivity contribution >= 4 is 17.4 Å². The first-order chi connectivity index (χ1) is 11.5. The maximum Gasteiger partial charge on any atom is 0.264 e. The van der Waals surface area contributed by atoms with E-state index in [1.54, 1.807) is 42.5 Å². The standard InChI is InChI=1S/C19H19NO4/c1-3-20-16-10-5-4-9-15(16)19(23,18(20)22)12-17(21)13-7-6-8-14(11-13)24-2/h4-11,23H,3,12H2,1-2H3. The van der Waals surface area contributed by atoms with Crippen LogP contribution in [-0.4, -0.2) is 30.5 Å². The number of Topliss-reactive ketones (excluding diaryl/α,β-unsaturated/α-hetero) is 1. The normalized spacial score (nSPS) is 19.3. The molecule has 1 heterocycles. The van der Waals surface area contributed by atoms with Gasteiger partial charge in [-0.2, -0.15) is 0 Å². The number of benzene rings is 2. The lowest BCUT2D eigenvalue weighted by Crippen LogP contribution is -2.41. The summed E-state index contributed by atoms with van der Waals surface area (Å²) in [5, 5.41) is 11.0. The number of hydrogen-bond acceptors (Lipinski definition) is 4. The second-order valence-electron chi connectivity index (χ2n) is 5.76. The monoisotopic (exact) mass is 325 g/mol. The van der Waals surface area contributed by atoms with E-state index in [0.29, 0.717) is 29.1 Å². The fraction of sp³-hybridized carbons (Fsp3) is 0.263. The molecule has 0 fully saturated rings. The summed E-state index contributed by atoms with van der Waals surface area (Å²) in [6.45, 7) is 2.27. The van der Waals surface area contributed by atoms with E-state index in [-0.39, 0.29) is 12.2 Å². The van der Waals surface area contributed by atoms with Crippen molar-refractivity contribution in [3.05, 3.63) is 59.7 Å². The molecule has 0 saturated carbocycles. The summed E-state index contributed by atoms with van der Waals surface area (Å²) in [6.07, 6.45) is -0.299. The van der Waals surface area contributed by atoms with Crippen LogP contribution in [0.4, 0.5) is 5.69 Å². The largest absolute Gasteiger partial charge is 0.497 e. The van der Waals surface area contributed by atoms with Crippen LogP contribution in [0.2, 0.25) is 0 Å². The third kappa shape index (κ3) is 2.47. The average molecular weight is 325 g/mol. The molecule has 0 bridgehead atoms. The summed E-state index contributed by atoms with van der Waals surface area (Å²) in [6, 6.07) is 13.7. The summed E-state index contributed by atoms with van der Waals surface area (Å²) >= 11 is 0. The number of para-hydroxylation sites is 1. The molecule has 0 aliphatic carbocycles. The second kappa shape index (κ2) is 6.09. The van der Waals surface area contributed by atoms with E-state index in [4.69, 9.17) is 4.74 Å². The van der Waals surface area contributed by atoms with E-state index < -0.39 is 11.5 Å². The van der Waals surface area contributed by atoms with E-state index in [2.05, 4.69) is 0 Å². The van der Waals surface area contributed by atoms with Gasteiger partial charge in [-0.05, 0) is 25.1 Å². The van der Waals surface area contributed by atoms with E-state index in [1.807, 2.05) is 13.0 Å². The fourth-order valence-corrected chi connectivity index (χ4v) is 3.12. The summed E-state index contributed by atoms with van der Waals surface area (Å²) in [5.74, 6) is -0.207. The molecule has 1 N–H and O–H groups in total. The quantitative estimate of drug-likeness (QED) is 0.858. The van der Waals surface area contributed by atoms with Gasteiger partial charge in [0.1, 0.15) is 5.75 Å². The Morgan fingerprint density at radius 3 is 2.67 bits per heavy atom. The lowest BCUT2D eigenvalue weighted by molar-refractivity contribution is -0.135. The Bertz CT molecular complexity index is 801. The zero-order valence-electron chi connectivity index (χ0n) is 13.7. The van der Waals surface area contributed by atoms with Crippen molar-refractivity contribution in [1.82, 2.24) is 0 Å². The van der Waals surface area contributed by atoms with Gasteiger partial charge in [0.15, 0.2) is 11.4 Å². The summed E-state index contributed by atoms with van der Waals surface area (Å²) in [4.78, 5) is 26.9. The number of methoxy groups -OCH3 is 1. The van der Waals surface area contributed by atoms with Crippen molar-refractivity contribution in [2.45, 2.75) is 18.9 Å². The minimum Gasteiger partial charge on any atom is -0.497 e. The van der Waals surface area contributed by atoms with Gasteiger partial charge in [-0.25, -0.2) is 0 Å². The number of nitrogens with zero attached hydrogens (tertiary/aromatic N) is 1. The Kier molecular flexibility index (Phi) is 4.11. The molecule has 5 heteroatoms. The van der Waals surface area contributed by atoms with Gasteiger partial charge in [0, 0.05) is 17.7 Å². The van der Waals surface area contributed by atoms with Crippen molar-refractivity contribution < 1.29 is 19.4 Å². The van der Waals surface area contributed by atoms with Gasteiger partial charge in [0.25, 0.3) is 5.91 Å². The average Bonchev–Trinajstić information content (AvgIpc) is 2.82. The number of carbonyl (C=O) groups is 2. The molecule has 124 valence electrons. The Morgan fingerprint density at radius 2 is 1.96 bits per heavy atom. The lowest BCUT2D eigenvalue weighted by atomic mass is 9.88. The molecule has 1 atom stereocenters. The van der Waals surface area contributed by atoms with E-state index >= 15 is 0 Å². The van der Waals surface area contributed by atoms with Gasteiger partial charge in [-0.15, -0.1) is 0 Å². The minimum atomic E-state index is -1.83. The van der Waals surface area contributed by atoms with Crippen LogP contribution < -0.4 is 9.64 Å². The molecular weight excluding hydrogens is 306 g/mol. The highest BCUT2D eigenvalue weighted by Crippen LogP contribution is 2.42. The summed E-state index contributed by atoms with van der Waals surface area (Å²) in [5.41, 5.74) is -0.283. The molecule has 0 saturated heterocycles. The van der Waals surface area contributed by atoms with Crippen LogP contribution in [0.3, 0.4) is 0 Å². The minimum absolute atomic E-state index is 0.299. The molecule has 1 aliphatic rings. The first-order valence-electron chi connectivity index (χ1n) is 7.82. The maximum atomic E-state index is 12.7. The van der Waals surface area contributed by atoms with Crippen molar-refractivity contribution in [3.63, 3.8) is 0 Å². The van der Waals surface area contributed by atoms with Crippen molar-refractivity contribution in [2.75, 3.05) is 18.6 Å². The van der Waals surface area contributed by atoms with Crippen LogP contribution in [0.15, 0.2) is 48.5 Å². The smallest absolute Gasteiger partial charge is 0.264 e. The number of hydrogen-bond donors (Lipinski definition) is 1. The summed E-state index contributed by atoms with van der Waals surface area (Å²) in [7, 11) is 1.52. The Labute approximate surface area is 140 Å². The van der Waals surface area contributed by atoms with E-state index in [0.717, 1.165) is 0 Å². The molecule has 1 unspecified atom stereocenters. The first-order valence-corrected chi connectivity index (χ1v) is 7.82. The predicted molar refractivity (Wildman–Crippen MR) is 90.3 cm³/mol. The zero-order valence-corrected chi connectivity index (χ0v) is 13.7. The molecule has 1 amide bonds. The molecule has 0 spiro atoms. The van der Waals surface area contributed by atoms with Crippen LogP contribution in [-0.2, 0) is 10.4 Å². The highest BCUT2D eigenvalue weighted by atomic mass is 16.5. The van der Waals surface area contributed by atoms with E-state index in [1.165, 1.54) is 12.0 Å². The molecule has 3 rings (SSSR count). The zero-order chi connectivity index (χ0) is 17.3.